The van der Waals surface area contributed by atoms with Gasteiger partial charge in [0.05, 0.1) is 25.1 Å². The maximum absolute atomic E-state index is 11.8. The van der Waals surface area contributed by atoms with Crippen molar-refractivity contribution < 1.29 is 10.2 Å². The predicted molar refractivity (Wildman–Crippen MR) is 72.3 cm³/mol. The average molecular weight is 277 g/mol. The van der Waals surface area contributed by atoms with Crippen molar-refractivity contribution in [1.29, 1.82) is 0 Å². The summed E-state index contributed by atoms with van der Waals surface area (Å²) in [4.78, 5) is 25.2. The van der Waals surface area contributed by atoms with E-state index in [2.05, 4.69) is 31.8 Å². The number of hydrogen-bond acceptors (Lipinski definition) is 6. The first kappa shape index (κ1) is 12.8. The Morgan fingerprint density at radius 1 is 1.55 bits per heavy atom. The van der Waals surface area contributed by atoms with Crippen LogP contribution in [0.3, 0.4) is 0 Å². The number of rotatable bonds is 3. The van der Waals surface area contributed by atoms with Crippen LogP contribution in [-0.4, -0.2) is 48.9 Å². The molecule has 0 aliphatic heterocycles. The van der Waals surface area contributed by atoms with Crippen LogP contribution >= 0.6 is 0 Å². The number of aliphatic hydroxyl groups excluding tert-OH is 2. The van der Waals surface area contributed by atoms with Crippen LogP contribution in [0.15, 0.2) is 23.3 Å². The third-order valence-corrected chi connectivity index (χ3v) is 3.67. The first-order chi connectivity index (χ1) is 9.60. The highest BCUT2D eigenvalue weighted by Crippen LogP contribution is 2.31. The second kappa shape index (κ2) is 4.73. The number of anilines is 1. The van der Waals surface area contributed by atoms with Gasteiger partial charge in [0.25, 0.3) is 5.56 Å². The molecule has 3 rings (SSSR count). The number of fused-ring (bicyclic) bond motifs is 1. The van der Waals surface area contributed by atoms with Gasteiger partial charge >= 0.3 is 0 Å². The smallest absolute Gasteiger partial charge is 0.278 e. The summed E-state index contributed by atoms with van der Waals surface area (Å²) in [6.45, 7) is 3.73. The Morgan fingerprint density at radius 2 is 2.35 bits per heavy atom. The molecule has 0 spiro atoms. The highest BCUT2D eigenvalue weighted by molar-refractivity contribution is 5.69. The zero-order chi connectivity index (χ0) is 14.3. The van der Waals surface area contributed by atoms with Gasteiger partial charge in [-0.25, -0.2) is 4.98 Å². The predicted octanol–water partition coefficient (Wildman–Crippen LogP) is -0.644. The molecule has 0 bridgehead atoms. The minimum Gasteiger partial charge on any atom is -0.396 e. The second-order valence-electron chi connectivity index (χ2n) is 4.88. The number of nitrogens with zero attached hydrogens (tertiary/aromatic N) is 2. The molecule has 8 nitrogen and oxygen atoms in total. The summed E-state index contributed by atoms with van der Waals surface area (Å²) >= 11 is 0. The normalized spacial score (nSPS) is 26.3. The summed E-state index contributed by atoms with van der Waals surface area (Å²) in [5.41, 5.74) is 1.01. The van der Waals surface area contributed by atoms with Crippen LogP contribution in [0.5, 0.6) is 0 Å². The fourth-order valence-electron chi connectivity index (χ4n) is 2.53. The number of imidazole rings is 1. The summed E-state index contributed by atoms with van der Waals surface area (Å²) in [5.74, 6) is -0.0834. The van der Waals surface area contributed by atoms with Crippen molar-refractivity contribution in [1.82, 2.24) is 19.9 Å². The van der Waals surface area contributed by atoms with Crippen molar-refractivity contribution in [2.24, 2.45) is 5.92 Å². The fraction of sp³-hybridized carbons (Fsp3) is 0.417. The van der Waals surface area contributed by atoms with Crippen LogP contribution in [0.25, 0.3) is 11.2 Å². The van der Waals surface area contributed by atoms with E-state index < -0.39 is 6.10 Å². The van der Waals surface area contributed by atoms with E-state index >= 15 is 0 Å². The summed E-state index contributed by atoms with van der Waals surface area (Å²) in [7, 11) is 0. The van der Waals surface area contributed by atoms with Crippen molar-refractivity contribution in [3.8, 4) is 0 Å². The Bertz CT molecular complexity index is 706. The topological polar surface area (TPSA) is 127 Å². The van der Waals surface area contributed by atoms with Crippen molar-refractivity contribution in [2.45, 2.75) is 18.6 Å². The summed E-state index contributed by atoms with van der Waals surface area (Å²) in [6, 6.07) is -0.248. The van der Waals surface area contributed by atoms with Gasteiger partial charge in [-0.05, 0) is 12.0 Å². The van der Waals surface area contributed by atoms with E-state index in [4.69, 9.17) is 0 Å². The molecule has 1 fully saturated rings. The van der Waals surface area contributed by atoms with Gasteiger partial charge in [0, 0.05) is 5.92 Å². The molecule has 5 N–H and O–H groups in total. The molecule has 1 saturated carbocycles. The van der Waals surface area contributed by atoms with Crippen LogP contribution in [0.1, 0.15) is 6.42 Å². The molecular formula is C12H15N5O3. The number of hydrogen-bond donors (Lipinski definition) is 5. The molecule has 2 heterocycles. The molecule has 0 radical (unpaired) electrons. The first-order valence-corrected chi connectivity index (χ1v) is 6.27. The minimum atomic E-state index is -0.647. The maximum Gasteiger partial charge on any atom is 0.278 e. The van der Waals surface area contributed by atoms with Gasteiger partial charge in [-0.1, -0.05) is 6.58 Å². The molecule has 0 aromatic carbocycles. The van der Waals surface area contributed by atoms with Crippen molar-refractivity contribution in [2.75, 3.05) is 11.9 Å². The lowest BCUT2D eigenvalue weighted by Gasteiger charge is -2.15. The quantitative estimate of drug-likeness (QED) is 0.475. The van der Waals surface area contributed by atoms with Crippen molar-refractivity contribution in [3.05, 3.63) is 28.8 Å². The van der Waals surface area contributed by atoms with E-state index in [9.17, 15) is 15.0 Å². The van der Waals surface area contributed by atoms with Crippen LogP contribution < -0.4 is 10.9 Å². The highest BCUT2D eigenvalue weighted by Gasteiger charge is 2.36. The van der Waals surface area contributed by atoms with E-state index in [1.165, 1.54) is 6.33 Å². The standard InChI is InChI=1S/C12H15N5O3/c1-5-6(3-18)8(19)2-7(5)15-12-16-10-9(11(20)17-12)13-4-14-10/h4,6-8,18-19H,1-3H2,(H3,13,14,15,16,17,20)/t6-,7-,8-/m0/s1. The van der Waals surface area contributed by atoms with Gasteiger partial charge in [0.15, 0.2) is 11.2 Å². The molecule has 2 aromatic heterocycles. The zero-order valence-corrected chi connectivity index (χ0v) is 10.6. The lowest BCUT2D eigenvalue weighted by Crippen LogP contribution is -2.23. The minimum absolute atomic E-state index is 0.152. The SMILES string of the molecule is C=C1[C@@H](Nc2nc3nc[nH]c3c(=O)[nH]2)C[C@H](O)[C@H]1CO. The molecule has 0 amide bonds. The lowest BCUT2D eigenvalue weighted by atomic mass is 10.0. The molecule has 3 atom stereocenters. The van der Waals surface area contributed by atoms with Gasteiger partial charge in [-0.15, -0.1) is 0 Å². The Balaban J connectivity index is 1.87. The fourth-order valence-corrected chi connectivity index (χ4v) is 2.53. The maximum atomic E-state index is 11.8. The van der Waals surface area contributed by atoms with E-state index in [1.54, 1.807) is 0 Å². The van der Waals surface area contributed by atoms with E-state index in [1.807, 2.05) is 0 Å². The monoisotopic (exact) mass is 277 g/mol. The van der Waals surface area contributed by atoms with Crippen LogP contribution in [0.4, 0.5) is 5.95 Å². The van der Waals surface area contributed by atoms with Crippen LogP contribution in [0.2, 0.25) is 0 Å². The van der Waals surface area contributed by atoms with Gasteiger partial charge in [-0.2, -0.15) is 4.98 Å². The third-order valence-electron chi connectivity index (χ3n) is 3.67. The van der Waals surface area contributed by atoms with Crippen molar-refractivity contribution >= 4 is 17.1 Å². The van der Waals surface area contributed by atoms with E-state index in [0.29, 0.717) is 23.2 Å². The summed E-state index contributed by atoms with van der Waals surface area (Å²) in [6.07, 6.45) is 1.16. The molecule has 1 aliphatic carbocycles. The number of aromatic nitrogens is 4. The summed E-state index contributed by atoms with van der Waals surface area (Å²) < 4.78 is 0. The average Bonchev–Trinajstić information content (AvgIpc) is 2.96. The van der Waals surface area contributed by atoms with Crippen LogP contribution in [0, 0.1) is 5.92 Å². The molecular weight excluding hydrogens is 262 g/mol. The molecule has 20 heavy (non-hydrogen) atoms. The number of aromatic amines is 2. The third kappa shape index (κ3) is 1.98. The Labute approximate surface area is 113 Å². The first-order valence-electron chi connectivity index (χ1n) is 6.27. The molecule has 0 unspecified atom stereocenters. The Kier molecular flexibility index (Phi) is 3.03. The van der Waals surface area contributed by atoms with Gasteiger partial charge < -0.3 is 20.5 Å². The second-order valence-corrected chi connectivity index (χ2v) is 4.88. The highest BCUT2D eigenvalue weighted by atomic mass is 16.3. The zero-order valence-electron chi connectivity index (χ0n) is 10.6. The lowest BCUT2D eigenvalue weighted by molar-refractivity contribution is 0.103. The number of H-pyrrole nitrogens is 2. The van der Waals surface area contributed by atoms with Crippen LogP contribution in [-0.2, 0) is 0 Å². The Hall–Kier alpha value is -2.19. The molecule has 8 heteroatoms. The van der Waals surface area contributed by atoms with E-state index in [0.717, 1.165) is 0 Å². The van der Waals surface area contributed by atoms with E-state index in [-0.39, 0.29) is 30.1 Å². The summed E-state index contributed by atoms with van der Waals surface area (Å²) in [5, 5.41) is 22.1. The van der Waals surface area contributed by atoms with Gasteiger partial charge in [0.2, 0.25) is 5.95 Å². The van der Waals surface area contributed by atoms with Gasteiger partial charge in [-0.3, -0.25) is 9.78 Å². The molecule has 106 valence electrons. The number of nitrogens with one attached hydrogen (secondary N) is 3. The molecule has 2 aromatic rings. The van der Waals surface area contributed by atoms with Crippen molar-refractivity contribution in [3.63, 3.8) is 0 Å². The Morgan fingerprint density at radius 3 is 3.05 bits per heavy atom. The molecule has 0 saturated heterocycles. The largest absolute Gasteiger partial charge is 0.396 e. The van der Waals surface area contributed by atoms with Gasteiger partial charge in [0.1, 0.15) is 0 Å². The number of aliphatic hydroxyl groups is 2. The molecule has 1 aliphatic rings.